The zero-order valence-electron chi connectivity index (χ0n) is 17.4. The van der Waals surface area contributed by atoms with E-state index in [2.05, 4.69) is 25.7 Å². The van der Waals surface area contributed by atoms with Gasteiger partial charge in [-0.1, -0.05) is 6.92 Å². The fourth-order valence-corrected chi connectivity index (χ4v) is 3.81. The minimum Gasteiger partial charge on any atom is -0.493 e. The van der Waals surface area contributed by atoms with Crippen LogP contribution < -0.4 is 9.47 Å². The number of benzene rings is 1. The van der Waals surface area contributed by atoms with Gasteiger partial charge in [-0.05, 0) is 44.9 Å². The average molecular weight is 376 g/mol. The van der Waals surface area contributed by atoms with E-state index in [4.69, 9.17) is 9.47 Å². The van der Waals surface area contributed by atoms with E-state index in [0.29, 0.717) is 34.7 Å². The van der Waals surface area contributed by atoms with Crippen LogP contribution in [0.2, 0.25) is 0 Å². The molecule has 0 aromatic heterocycles. The van der Waals surface area contributed by atoms with Crippen LogP contribution >= 0.6 is 0 Å². The van der Waals surface area contributed by atoms with Crippen molar-refractivity contribution in [3.05, 3.63) is 23.3 Å². The number of carbonyl (C=O) groups is 2. The number of methoxy groups -OCH3 is 2. The maximum absolute atomic E-state index is 13.0. The molecule has 1 aromatic carbocycles. The van der Waals surface area contributed by atoms with Gasteiger partial charge in [0.25, 0.3) is 0 Å². The standard InChI is InChI=1S/C21H32N2O4/c1-7-17-13-22(8-9-23(17)14(2)3)21(25)11-16-10-19(26-5)20(27-6)12-18(16)15(4)24/h10,12,14,17H,7-9,11,13H2,1-6H3. The highest BCUT2D eigenvalue weighted by Crippen LogP contribution is 2.31. The minimum absolute atomic E-state index is 0.0478. The first-order valence-corrected chi connectivity index (χ1v) is 9.61. The molecule has 150 valence electrons. The van der Waals surface area contributed by atoms with Gasteiger partial charge in [0, 0.05) is 37.3 Å². The Hall–Kier alpha value is -2.08. The predicted octanol–water partition coefficient (Wildman–Crippen LogP) is 2.78. The van der Waals surface area contributed by atoms with Gasteiger partial charge in [-0.2, -0.15) is 0 Å². The van der Waals surface area contributed by atoms with Gasteiger partial charge in [0.05, 0.1) is 20.6 Å². The lowest BCUT2D eigenvalue weighted by Crippen LogP contribution is -2.56. The molecule has 0 radical (unpaired) electrons. The summed E-state index contributed by atoms with van der Waals surface area (Å²) in [5.74, 6) is 0.984. The summed E-state index contributed by atoms with van der Waals surface area (Å²) in [5.41, 5.74) is 1.19. The molecule has 1 atom stereocenters. The lowest BCUT2D eigenvalue weighted by molar-refractivity contribution is -0.134. The van der Waals surface area contributed by atoms with Crippen molar-refractivity contribution >= 4 is 11.7 Å². The van der Waals surface area contributed by atoms with Crippen LogP contribution in [-0.2, 0) is 11.2 Å². The van der Waals surface area contributed by atoms with E-state index in [-0.39, 0.29) is 18.1 Å². The van der Waals surface area contributed by atoms with Crippen molar-refractivity contribution in [1.82, 2.24) is 9.80 Å². The topological polar surface area (TPSA) is 59.1 Å². The van der Waals surface area contributed by atoms with Crippen molar-refractivity contribution in [2.24, 2.45) is 0 Å². The molecule has 0 saturated carbocycles. The number of ketones is 1. The van der Waals surface area contributed by atoms with Crippen LogP contribution in [0.3, 0.4) is 0 Å². The van der Waals surface area contributed by atoms with E-state index in [1.807, 2.05) is 4.90 Å². The van der Waals surface area contributed by atoms with E-state index in [9.17, 15) is 9.59 Å². The van der Waals surface area contributed by atoms with Crippen molar-refractivity contribution in [2.75, 3.05) is 33.9 Å². The van der Waals surface area contributed by atoms with E-state index < -0.39 is 0 Å². The zero-order valence-corrected chi connectivity index (χ0v) is 17.4. The maximum Gasteiger partial charge on any atom is 0.227 e. The summed E-state index contributed by atoms with van der Waals surface area (Å²) in [6, 6.07) is 4.26. The molecule has 6 nitrogen and oxygen atoms in total. The third kappa shape index (κ3) is 4.80. The normalized spacial score (nSPS) is 17.9. The SMILES string of the molecule is CCC1CN(C(=O)Cc2cc(OC)c(OC)cc2C(C)=O)CCN1C(C)C. The molecule has 1 fully saturated rings. The number of ether oxygens (including phenoxy) is 2. The first-order chi connectivity index (χ1) is 12.8. The molecule has 0 N–H and O–H groups in total. The molecule has 0 bridgehead atoms. The quantitative estimate of drug-likeness (QED) is 0.685. The Kier molecular flexibility index (Phi) is 7.25. The monoisotopic (exact) mass is 376 g/mol. The Bertz CT molecular complexity index is 687. The molecule has 1 heterocycles. The molecule has 1 unspecified atom stereocenters. The first-order valence-electron chi connectivity index (χ1n) is 9.61. The fourth-order valence-electron chi connectivity index (χ4n) is 3.81. The third-order valence-electron chi connectivity index (χ3n) is 5.35. The van der Waals surface area contributed by atoms with Gasteiger partial charge in [-0.3, -0.25) is 14.5 Å². The van der Waals surface area contributed by atoms with Gasteiger partial charge in [0.1, 0.15) is 0 Å². The number of carbonyl (C=O) groups excluding carboxylic acids is 2. The smallest absolute Gasteiger partial charge is 0.227 e. The van der Waals surface area contributed by atoms with E-state index in [1.165, 1.54) is 14.0 Å². The van der Waals surface area contributed by atoms with Gasteiger partial charge < -0.3 is 14.4 Å². The van der Waals surface area contributed by atoms with Crippen molar-refractivity contribution in [3.8, 4) is 11.5 Å². The predicted molar refractivity (Wildman–Crippen MR) is 106 cm³/mol. The van der Waals surface area contributed by atoms with Crippen LogP contribution in [0, 0.1) is 0 Å². The van der Waals surface area contributed by atoms with Crippen LogP contribution in [-0.4, -0.2) is 67.4 Å². The molecule has 27 heavy (non-hydrogen) atoms. The number of hydrogen-bond acceptors (Lipinski definition) is 5. The van der Waals surface area contributed by atoms with Crippen LogP contribution in [0.1, 0.15) is 50.0 Å². The van der Waals surface area contributed by atoms with Crippen LogP contribution in [0.5, 0.6) is 11.5 Å². The molecule has 2 rings (SSSR count). The molecule has 0 aliphatic carbocycles. The fraction of sp³-hybridized carbons (Fsp3) is 0.619. The molecular formula is C21H32N2O4. The average Bonchev–Trinajstić information content (AvgIpc) is 2.66. The van der Waals surface area contributed by atoms with E-state index in [1.54, 1.807) is 19.2 Å². The lowest BCUT2D eigenvalue weighted by Gasteiger charge is -2.43. The number of piperazine rings is 1. The molecule has 1 aromatic rings. The Morgan fingerprint density at radius 3 is 2.30 bits per heavy atom. The minimum atomic E-state index is -0.0881. The summed E-state index contributed by atoms with van der Waals surface area (Å²) in [7, 11) is 3.08. The molecule has 6 heteroatoms. The summed E-state index contributed by atoms with van der Waals surface area (Å²) in [6.07, 6.45) is 1.20. The van der Waals surface area contributed by atoms with Crippen molar-refractivity contribution < 1.29 is 19.1 Å². The number of nitrogens with zero attached hydrogens (tertiary/aromatic N) is 2. The van der Waals surface area contributed by atoms with Crippen LogP contribution in [0.15, 0.2) is 12.1 Å². The molecule has 1 amide bonds. The summed E-state index contributed by atoms with van der Waals surface area (Å²) in [4.78, 5) is 29.4. The van der Waals surface area contributed by atoms with Gasteiger partial charge in [0.2, 0.25) is 5.91 Å². The largest absolute Gasteiger partial charge is 0.493 e. The van der Waals surface area contributed by atoms with Crippen molar-refractivity contribution in [3.63, 3.8) is 0 Å². The van der Waals surface area contributed by atoms with Gasteiger partial charge >= 0.3 is 0 Å². The number of rotatable bonds is 7. The lowest BCUT2D eigenvalue weighted by atomic mass is 9.99. The summed E-state index contributed by atoms with van der Waals surface area (Å²) < 4.78 is 10.6. The highest BCUT2D eigenvalue weighted by molar-refractivity contribution is 5.97. The Morgan fingerprint density at radius 1 is 1.15 bits per heavy atom. The summed E-state index contributed by atoms with van der Waals surface area (Å²) >= 11 is 0. The zero-order chi connectivity index (χ0) is 20.1. The summed E-state index contributed by atoms with van der Waals surface area (Å²) in [6.45, 7) is 10.4. The highest BCUT2D eigenvalue weighted by Gasteiger charge is 2.30. The first kappa shape index (κ1) is 21.2. The highest BCUT2D eigenvalue weighted by atomic mass is 16.5. The number of Topliss-reactive ketones (excluding diaryl/α,β-unsaturated/α-hetero) is 1. The Balaban J connectivity index is 2.21. The molecular weight excluding hydrogens is 344 g/mol. The number of hydrogen-bond donors (Lipinski definition) is 0. The molecule has 1 aliphatic rings. The second kappa shape index (κ2) is 9.22. The van der Waals surface area contributed by atoms with Crippen LogP contribution in [0.25, 0.3) is 0 Å². The second-order valence-electron chi connectivity index (χ2n) is 7.33. The van der Waals surface area contributed by atoms with Gasteiger partial charge in [-0.15, -0.1) is 0 Å². The van der Waals surface area contributed by atoms with Crippen molar-refractivity contribution in [2.45, 2.75) is 52.6 Å². The van der Waals surface area contributed by atoms with E-state index in [0.717, 1.165) is 26.1 Å². The molecule has 1 aliphatic heterocycles. The Morgan fingerprint density at radius 2 is 1.78 bits per heavy atom. The number of amides is 1. The second-order valence-corrected chi connectivity index (χ2v) is 7.33. The van der Waals surface area contributed by atoms with Gasteiger partial charge in [0.15, 0.2) is 17.3 Å². The Labute approximate surface area is 162 Å². The molecule has 1 saturated heterocycles. The van der Waals surface area contributed by atoms with Gasteiger partial charge in [-0.25, -0.2) is 0 Å². The van der Waals surface area contributed by atoms with E-state index >= 15 is 0 Å². The summed E-state index contributed by atoms with van der Waals surface area (Å²) in [5, 5.41) is 0. The molecule has 0 spiro atoms. The van der Waals surface area contributed by atoms with Crippen molar-refractivity contribution in [1.29, 1.82) is 0 Å². The third-order valence-corrected chi connectivity index (χ3v) is 5.35. The van der Waals surface area contributed by atoms with Crippen LogP contribution in [0.4, 0.5) is 0 Å². The maximum atomic E-state index is 13.0.